The fourth-order valence-electron chi connectivity index (χ4n) is 1.19. The number of hydrogen-bond donors (Lipinski definition) is 1. The Balaban J connectivity index is 0.000000217. The SMILES string of the molecule is F[B-](F)(F)F.[NH3+]C1CCCCC1. The van der Waals surface area contributed by atoms with E-state index in [4.69, 9.17) is 0 Å². The molecule has 74 valence electrons. The first-order valence-electron chi connectivity index (χ1n) is 4.10. The monoisotopic (exact) mass is 187 g/mol. The molecule has 1 aliphatic carbocycles. The minimum Gasteiger partial charge on any atom is -0.418 e. The van der Waals surface area contributed by atoms with Gasteiger partial charge in [-0.2, -0.15) is 0 Å². The van der Waals surface area contributed by atoms with Crippen molar-refractivity contribution < 1.29 is 23.0 Å². The second-order valence-electron chi connectivity index (χ2n) is 3.00. The molecule has 0 aromatic rings. The van der Waals surface area contributed by atoms with Gasteiger partial charge in [0.1, 0.15) is 0 Å². The van der Waals surface area contributed by atoms with Gasteiger partial charge in [0.25, 0.3) is 0 Å². The van der Waals surface area contributed by atoms with Crippen LogP contribution in [0.5, 0.6) is 0 Å². The molecule has 0 aliphatic heterocycles. The van der Waals surface area contributed by atoms with Crippen LogP contribution in [0.1, 0.15) is 32.1 Å². The molecule has 0 aromatic heterocycles. The summed E-state index contributed by atoms with van der Waals surface area (Å²) in [6, 6.07) is 0.786. The predicted molar refractivity (Wildman–Crippen MR) is 39.9 cm³/mol. The lowest BCUT2D eigenvalue weighted by Crippen LogP contribution is -2.61. The first kappa shape index (κ1) is 11.7. The molecule has 0 unspecified atom stereocenters. The topological polar surface area (TPSA) is 27.6 Å². The van der Waals surface area contributed by atoms with Gasteiger partial charge < -0.3 is 23.0 Å². The summed E-state index contributed by atoms with van der Waals surface area (Å²) in [6.45, 7) is 0. The lowest BCUT2D eigenvalue weighted by atomic mass is 9.97. The summed E-state index contributed by atoms with van der Waals surface area (Å²) in [5, 5.41) is 0. The van der Waals surface area contributed by atoms with Gasteiger partial charge in [-0.15, -0.1) is 0 Å². The van der Waals surface area contributed by atoms with Gasteiger partial charge in [-0.3, -0.25) is 0 Å². The van der Waals surface area contributed by atoms with Gasteiger partial charge in [-0.05, 0) is 25.7 Å². The molecule has 1 aliphatic rings. The van der Waals surface area contributed by atoms with E-state index in [0.717, 1.165) is 6.04 Å². The molecule has 0 atom stereocenters. The maximum Gasteiger partial charge on any atom is 0.673 e. The van der Waals surface area contributed by atoms with Crippen molar-refractivity contribution in [3.63, 3.8) is 0 Å². The average molecular weight is 187 g/mol. The van der Waals surface area contributed by atoms with Gasteiger partial charge in [-0.25, -0.2) is 0 Å². The van der Waals surface area contributed by atoms with Crippen molar-refractivity contribution in [1.82, 2.24) is 0 Å². The average Bonchev–Trinajstić information content (AvgIpc) is 1.85. The molecule has 3 N–H and O–H groups in total. The third kappa shape index (κ3) is 12.4. The van der Waals surface area contributed by atoms with Crippen LogP contribution in [0.15, 0.2) is 0 Å². The molecule has 0 amide bonds. The van der Waals surface area contributed by atoms with Crippen LogP contribution in [0.3, 0.4) is 0 Å². The van der Waals surface area contributed by atoms with E-state index >= 15 is 0 Å². The maximum atomic E-state index is 9.75. The summed E-state index contributed by atoms with van der Waals surface area (Å²) in [4.78, 5) is 0. The zero-order chi connectivity index (χ0) is 9.61. The van der Waals surface area contributed by atoms with Gasteiger partial charge in [0.05, 0.1) is 6.04 Å². The Hall–Kier alpha value is -0.255. The van der Waals surface area contributed by atoms with E-state index in [-0.39, 0.29) is 0 Å². The fraction of sp³-hybridized carbons (Fsp3) is 1.00. The van der Waals surface area contributed by atoms with Gasteiger partial charge in [0, 0.05) is 0 Å². The summed E-state index contributed by atoms with van der Waals surface area (Å²) >= 11 is 0. The van der Waals surface area contributed by atoms with Crippen molar-refractivity contribution >= 4 is 7.25 Å². The number of hydrogen-bond acceptors (Lipinski definition) is 0. The van der Waals surface area contributed by atoms with Crippen molar-refractivity contribution in [3.05, 3.63) is 0 Å². The Morgan fingerprint density at radius 2 is 1.25 bits per heavy atom. The minimum absolute atomic E-state index is 0.786. The van der Waals surface area contributed by atoms with Gasteiger partial charge in [0.2, 0.25) is 0 Å². The third-order valence-electron chi connectivity index (χ3n) is 1.72. The van der Waals surface area contributed by atoms with E-state index in [1.165, 1.54) is 32.1 Å². The van der Waals surface area contributed by atoms with E-state index < -0.39 is 7.25 Å². The highest BCUT2D eigenvalue weighted by atomic mass is 19.5. The first-order chi connectivity index (χ1) is 5.39. The molecular formula is C6H14BF4N. The second-order valence-corrected chi connectivity index (χ2v) is 3.00. The molecular weight excluding hydrogens is 173 g/mol. The van der Waals surface area contributed by atoms with Crippen molar-refractivity contribution in [2.75, 3.05) is 0 Å². The molecule has 1 rings (SSSR count). The van der Waals surface area contributed by atoms with Gasteiger partial charge in [0.15, 0.2) is 0 Å². The van der Waals surface area contributed by atoms with Crippen LogP contribution >= 0.6 is 0 Å². The van der Waals surface area contributed by atoms with Crippen molar-refractivity contribution in [1.29, 1.82) is 0 Å². The largest absolute Gasteiger partial charge is 0.673 e. The molecule has 0 saturated heterocycles. The summed E-state index contributed by atoms with van der Waals surface area (Å²) in [5.74, 6) is 0. The number of quaternary nitrogens is 1. The lowest BCUT2D eigenvalue weighted by Gasteiger charge is -2.12. The van der Waals surface area contributed by atoms with Crippen LogP contribution in [-0.2, 0) is 0 Å². The molecule has 12 heavy (non-hydrogen) atoms. The van der Waals surface area contributed by atoms with Crippen molar-refractivity contribution in [3.8, 4) is 0 Å². The molecule has 0 spiro atoms. The summed E-state index contributed by atoms with van der Waals surface area (Å²) in [6.07, 6.45) is 7.05. The third-order valence-corrected chi connectivity index (χ3v) is 1.72. The van der Waals surface area contributed by atoms with E-state index in [1.807, 2.05) is 0 Å². The normalized spacial score (nSPS) is 19.8. The summed E-state index contributed by atoms with van der Waals surface area (Å²) < 4.78 is 39.0. The molecule has 1 saturated carbocycles. The molecule has 0 aromatic carbocycles. The fourth-order valence-corrected chi connectivity index (χ4v) is 1.19. The molecule has 0 heterocycles. The molecule has 1 nitrogen and oxygen atoms in total. The van der Waals surface area contributed by atoms with Crippen LogP contribution < -0.4 is 5.73 Å². The van der Waals surface area contributed by atoms with E-state index in [2.05, 4.69) is 5.73 Å². The van der Waals surface area contributed by atoms with Crippen molar-refractivity contribution in [2.45, 2.75) is 38.1 Å². The van der Waals surface area contributed by atoms with E-state index in [9.17, 15) is 17.3 Å². The van der Waals surface area contributed by atoms with E-state index in [1.54, 1.807) is 0 Å². The van der Waals surface area contributed by atoms with E-state index in [0.29, 0.717) is 0 Å². The smallest absolute Gasteiger partial charge is 0.418 e. The highest BCUT2D eigenvalue weighted by molar-refractivity contribution is 6.50. The summed E-state index contributed by atoms with van der Waals surface area (Å²) in [7, 11) is -6.00. The summed E-state index contributed by atoms with van der Waals surface area (Å²) in [5.41, 5.74) is 4.00. The highest BCUT2D eigenvalue weighted by Crippen LogP contribution is 2.13. The van der Waals surface area contributed by atoms with Crippen LogP contribution in [0.25, 0.3) is 0 Å². The predicted octanol–water partition coefficient (Wildman–Crippen LogP) is 1.86. The second kappa shape index (κ2) is 5.40. The lowest BCUT2D eigenvalue weighted by molar-refractivity contribution is -0.425. The van der Waals surface area contributed by atoms with Crippen LogP contribution in [-0.4, -0.2) is 13.3 Å². The molecule has 0 radical (unpaired) electrons. The zero-order valence-electron chi connectivity index (χ0n) is 6.91. The Kier molecular flexibility index (Phi) is 5.29. The zero-order valence-corrected chi connectivity index (χ0v) is 6.91. The Morgan fingerprint density at radius 1 is 0.917 bits per heavy atom. The molecule has 6 heteroatoms. The van der Waals surface area contributed by atoms with Crippen LogP contribution in [0.4, 0.5) is 17.3 Å². The number of halogens is 4. The maximum absolute atomic E-state index is 9.75. The van der Waals surface area contributed by atoms with Crippen LogP contribution in [0, 0.1) is 0 Å². The Morgan fingerprint density at radius 3 is 1.42 bits per heavy atom. The molecule has 0 bridgehead atoms. The van der Waals surface area contributed by atoms with Crippen molar-refractivity contribution in [2.24, 2.45) is 0 Å². The van der Waals surface area contributed by atoms with Gasteiger partial charge >= 0.3 is 7.25 Å². The molecule has 1 fully saturated rings. The standard InChI is InChI=1S/C6H13N.BF4/c7-6-4-2-1-3-5-6;2-1(3,4)5/h6H,1-5,7H2;/q;-1/p+1. The van der Waals surface area contributed by atoms with Crippen LogP contribution in [0.2, 0.25) is 0 Å². The highest BCUT2D eigenvalue weighted by Gasteiger charge is 2.20. The Bertz CT molecular complexity index is 105. The van der Waals surface area contributed by atoms with Gasteiger partial charge in [-0.1, -0.05) is 6.42 Å². The minimum atomic E-state index is -6.00. The number of rotatable bonds is 0. The first-order valence-corrected chi connectivity index (χ1v) is 4.10. The Labute approximate surface area is 69.4 Å². The quantitative estimate of drug-likeness (QED) is 0.442.